The van der Waals surface area contributed by atoms with Crippen LogP contribution in [-0.4, -0.2) is 23.7 Å². The highest BCUT2D eigenvalue weighted by Crippen LogP contribution is 2.33. The van der Waals surface area contributed by atoms with Gasteiger partial charge in [-0.2, -0.15) is 0 Å². The van der Waals surface area contributed by atoms with Crippen molar-refractivity contribution in [3.8, 4) is 0 Å². The van der Waals surface area contributed by atoms with E-state index < -0.39 is 6.10 Å². The Kier molecular flexibility index (Phi) is 2.96. The standard InChI is InChI=1S/C14H19NO2/c1-14(2,3)11-6-4-5-7-12(11)15-9-10(16)8-13(15)17/h4-7,10,16H,8-9H2,1-3H3. The van der Waals surface area contributed by atoms with E-state index in [0.717, 1.165) is 11.3 Å². The number of amides is 1. The number of carbonyl (C=O) groups is 1. The second kappa shape index (κ2) is 4.15. The fourth-order valence-corrected chi connectivity index (χ4v) is 2.26. The van der Waals surface area contributed by atoms with Crippen LogP contribution >= 0.6 is 0 Å². The van der Waals surface area contributed by atoms with Crippen LogP contribution in [0.1, 0.15) is 32.8 Å². The average Bonchev–Trinajstić information content (AvgIpc) is 2.56. The van der Waals surface area contributed by atoms with Crippen molar-refractivity contribution in [3.05, 3.63) is 29.8 Å². The van der Waals surface area contributed by atoms with E-state index in [1.165, 1.54) is 0 Å². The van der Waals surface area contributed by atoms with Crippen LogP contribution in [0.3, 0.4) is 0 Å². The van der Waals surface area contributed by atoms with Gasteiger partial charge < -0.3 is 10.0 Å². The number of hydrogen-bond donors (Lipinski definition) is 1. The molecule has 17 heavy (non-hydrogen) atoms. The molecule has 0 saturated carbocycles. The zero-order valence-electron chi connectivity index (χ0n) is 10.6. The molecule has 1 amide bonds. The largest absolute Gasteiger partial charge is 0.391 e. The van der Waals surface area contributed by atoms with Gasteiger partial charge in [0.25, 0.3) is 0 Å². The lowest BCUT2D eigenvalue weighted by Crippen LogP contribution is -2.28. The molecule has 1 fully saturated rings. The molecular formula is C14H19NO2. The second-order valence-electron chi connectivity index (χ2n) is 5.63. The molecule has 3 nitrogen and oxygen atoms in total. The molecule has 3 heteroatoms. The van der Waals surface area contributed by atoms with Crippen molar-refractivity contribution in [2.75, 3.05) is 11.4 Å². The van der Waals surface area contributed by atoms with Crippen molar-refractivity contribution in [1.82, 2.24) is 0 Å². The minimum absolute atomic E-state index is 0.00852. The predicted octanol–water partition coefficient (Wildman–Crippen LogP) is 2.08. The Labute approximate surface area is 102 Å². The lowest BCUT2D eigenvalue weighted by molar-refractivity contribution is -0.117. The summed E-state index contributed by atoms with van der Waals surface area (Å²) in [7, 11) is 0. The number of nitrogens with zero attached hydrogens (tertiary/aromatic N) is 1. The molecule has 1 atom stereocenters. The molecule has 92 valence electrons. The summed E-state index contributed by atoms with van der Waals surface area (Å²) in [5.74, 6) is 0.00852. The Morgan fingerprint density at radius 2 is 1.94 bits per heavy atom. The van der Waals surface area contributed by atoms with E-state index in [0.29, 0.717) is 6.54 Å². The van der Waals surface area contributed by atoms with Crippen LogP contribution < -0.4 is 4.90 Å². The number of anilines is 1. The van der Waals surface area contributed by atoms with Gasteiger partial charge >= 0.3 is 0 Å². The van der Waals surface area contributed by atoms with Gasteiger partial charge in [-0.15, -0.1) is 0 Å². The van der Waals surface area contributed by atoms with Crippen LogP contribution in [-0.2, 0) is 10.2 Å². The molecule has 1 aromatic rings. The zero-order chi connectivity index (χ0) is 12.6. The lowest BCUT2D eigenvalue weighted by atomic mass is 9.85. The number of benzene rings is 1. The van der Waals surface area contributed by atoms with Gasteiger partial charge in [0.15, 0.2) is 0 Å². The number of carbonyl (C=O) groups excluding carboxylic acids is 1. The van der Waals surface area contributed by atoms with Crippen LogP contribution in [0, 0.1) is 0 Å². The van der Waals surface area contributed by atoms with E-state index in [9.17, 15) is 9.90 Å². The summed E-state index contributed by atoms with van der Waals surface area (Å²) in [6, 6.07) is 7.92. The molecule has 0 bridgehead atoms. The van der Waals surface area contributed by atoms with E-state index in [-0.39, 0.29) is 17.7 Å². The zero-order valence-corrected chi connectivity index (χ0v) is 10.6. The Bertz CT molecular complexity index is 434. The fourth-order valence-electron chi connectivity index (χ4n) is 2.26. The van der Waals surface area contributed by atoms with Crippen LogP contribution in [0.4, 0.5) is 5.69 Å². The van der Waals surface area contributed by atoms with E-state index in [1.807, 2.05) is 24.3 Å². The molecule has 0 aromatic heterocycles. The SMILES string of the molecule is CC(C)(C)c1ccccc1N1CC(O)CC1=O. The third kappa shape index (κ3) is 2.34. The Morgan fingerprint density at radius 1 is 1.29 bits per heavy atom. The first-order valence-corrected chi connectivity index (χ1v) is 5.97. The number of hydrogen-bond acceptors (Lipinski definition) is 2. The molecule has 1 aliphatic rings. The summed E-state index contributed by atoms with van der Waals surface area (Å²) in [5, 5.41) is 9.56. The summed E-state index contributed by atoms with van der Waals surface area (Å²) in [5.41, 5.74) is 2.06. The second-order valence-corrected chi connectivity index (χ2v) is 5.63. The molecule has 1 heterocycles. The highest BCUT2D eigenvalue weighted by molar-refractivity contribution is 5.96. The molecule has 1 saturated heterocycles. The number of rotatable bonds is 1. The van der Waals surface area contributed by atoms with Crippen LogP contribution in [0.2, 0.25) is 0 Å². The molecule has 0 spiro atoms. The molecule has 1 aromatic carbocycles. The van der Waals surface area contributed by atoms with Crippen molar-refractivity contribution < 1.29 is 9.90 Å². The molecule has 0 radical (unpaired) electrons. The predicted molar refractivity (Wildman–Crippen MR) is 68.1 cm³/mol. The number of aliphatic hydroxyl groups is 1. The summed E-state index contributed by atoms with van der Waals surface area (Å²) in [6.45, 7) is 6.79. The first-order valence-electron chi connectivity index (χ1n) is 5.97. The summed E-state index contributed by atoms with van der Waals surface area (Å²) in [6.07, 6.45) is -0.297. The Balaban J connectivity index is 2.42. The molecule has 0 aliphatic carbocycles. The lowest BCUT2D eigenvalue weighted by Gasteiger charge is -2.27. The van der Waals surface area contributed by atoms with Gasteiger partial charge in [0.05, 0.1) is 19.1 Å². The maximum Gasteiger partial charge on any atom is 0.229 e. The Morgan fingerprint density at radius 3 is 2.47 bits per heavy atom. The van der Waals surface area contributed by atoms with Gasteiger partial charge in [-0.05, 0) is 17.0 Å². The topological polar surface area (TPSA) is 40.5 Å². The fraction of sp³-hybridized carbons (Fsp3) is 0.500. The maximum absolute atomic E-state index is 11.8. The number of aliphatic hydroxyl groups excluding tert-OH is 1. The molecule has 2 rings (SSSR count). The first-order chi connectivity index (χ1) is 7.89. The normalized spacial score (nSPS) is 21.1. The van der Waals surface area contributed by atoms with Crippen molar-refractivity contribution in [1.29, 1.82) is 0 Å². The summed E-state index contributed by atoms with van der Waals surface area (Å²) >= 11 is 0. The van der Waals surface area contributed by atoms with Crippen molar-refractivity contribution >= 4 is 11.6 Å². The quantitative estimate of drug-likeness (QED) is 0.806. The maximum atomic E-state index is 11.8. The highest BCUT2D eigenvalue weighted by Gasteiger charge is 2.32. The van der Waals surface area contributed by atoms with Gasteiger partial charge in [0.2, 0.25) is 5.91 Å². The minimum Gasteiger partial charge on any atom is -0.391 e. The smallest absolute Gasteiger partial charge is 0.229 e. The Hall–Kier alpha value is -1.35. The van der Waals surface area contributed by atoms with E-state index in [2.05, 4.69) is 20.8 Å². The van der Waals surface area contributed by atoms with Crippen LogP contribution in [0.15, 0.2) is 24.3 Å². The van der Waals surface area contributed by atoms with E-state index in [4.69, 9.17) is 0 Å². The molecule has 1 unspecified atom stereocenters. The van der Waals surface area contributed by atoms with Gasteiger partial charge in [-0.25, -0.2) is 0 Å². The highest BCUT2D eigenvalue weighted by atomic mass is 16.3. The summed E-state index contributed by atoms with van der Waals surface area (Å²) in [4.78, 5) is 13.5. The van der Waals surface area contributed by atoms with Crippen molar-refractivity contribution in [2.24, 2.45) is 0 Å². The van der Waals surface area contributed by atoms with Gasteiger partial charge in [0, 0.05) is 5.69 Å². The number of β-amino-alcohol motifs (C(OH)–C–C–N with tert-alkyl or cyclic N) is 1. The third-order valence-electron chi connectivity index (χ3n) is 3.11. The first kappa shape index (κ1) is 12.1. The van der Waals surface area contributed by atoms with Gasteiger partial charge in [-0.1, -0.05) is 39.0 Å². The van der Waals surface area contributed by atoms with Gasteiger partial charge in [0.1, 0.15) is 0 Å². The third-order valence-corrected chi connectivity index (χ3v) is 3.11. The minimum atomic E-state index is -0.532. The van der Waals surface area contributed by atoms with Crippen molar-refractivity contribution in [3.63, 3.8) is 0 Å². The molecule has 1 aliphatic heterocycles. The van der Waals surface area contributed by atoms with Crippen LogP contribution in [0.25, 0.3) is 0 Å². The monoisotopic (exact) mass is 233 g/mol. The number of para-hydroxylation sites is 1. The average molecular weight is 233 g/mol. The molecule has 1 N–H and O–H groups in total. The van der Waals surface area contributed by atoms with Gasteiger partial charge in [-0.3, -0.25) is 4.79 Å². The van der Waals surface area contributed by atoms with Crippen LogP contribution in [0.5, 0.6) is 0 Å². The summed E-state index contributed by atoms with van der Waals surface area (Å²) < 4.78 is 0. The van der Waals surface area contributed by atoms with E-state index >= 15 is 0 Å². The van der Waals surface area contributed by atoms with E-state index in [1.54, 1.807) is 4.90 Å². The molecular weight excluding hydrogens is 214 g/mol. The van der Waals surface area contributed by atoms with Crippen molar-refractivity contribution in [2.45, 2.75) is 38.7 Å².